The minimum Gasteiger partial charge on any atom is -0.315 e. The number of rotatable bonds is 5. The highest BCUT2D eigenvalue weighted by Gasteiger charge is 2.51. The second-order valence-corrected chi connectivity index (χ2v) is 7.62. The quantitative estimate of drug-likeness (QED) is 0.730. The molecule has 21 heavy (non-hydrogen) atoms. The summed E-state index contributed by atoms with van der Waals surface area (Å²) in [5.41, 5.74) is 0. The number of likely N-dealkylation sites (N-methyl/N-ethyl adjacent to an activating group) is 1. The molecule has 0 aromatic rings. The van der Waals surface area contributed by atoms with Crippen LogP contribution < -0.4 is 0 Å². The van der Waals surface area contributed by atoms with Crippen LogP contribution in [-0.2, 0) is 4.79 Å². The van der Waals surface area contributed by atoms with Gasteiger partial charge in [-0.3, -0.25) is 9.69 Å². The Morgan fingerprint density at radius 1 is 1.05 bits per heavy atom. The van der Waals surface area contributed by atoms with Crippen molar-refractivity contribution in [2.24, 2.45) is 17.8 Å². The molecule has 1 atom stereocenters. The zero-order valence-corrected chi connectivity index (χ0v) is 13.5. The summed E-state index contributed by atoms with van der Waals surface area (Å²) in [6, 6.07) is -0.0956. The number of carbonyl (C=O) groups is 2. The van der Waals surface area contributed by atoms with Crippen molar-refractivity contribution >= 4 is 11.9 Å². The largest absolute Gasteiger partial charge is 0.327 e. The third-order valence-corrected chi connectivity index (χ3v) is 5.76. The topological polar surface area (TPSA) is 40.6 Å². The van der Waals surface area contributed by atoms with Crippen molar-refractivity contribution in [3.05, 3.63) is 0 Å². The SMILES string of the molecule is CC(C)CC1C(=O)N(C(C2CCC2)C2CCC2)C(=O)N1C. The Balaban J connectivity index is 1.81. The Labute approximate surface area is 127 Å². The molecule has 3 aliphatic rings. The Bertz CT molecular complexity index is 413. The number of nitrogens with zero attached hydrogens (tertiary/aromatic N) is 2. The van der Waals surface area contributed by atoms with Gasteiger partial charge in [0, 0.05) is 13.1 Å². The monoisotopic (exact) mass is 292 g/mol. The summed E-state index contributed by atoms with van der Waals surface area (Å²) in [7, 11) is 1.80. The highest BCUT2D eigenvalue weighted by molar-refractivity contribution is 6.04. The Kier molecular flexibility index (Phi) is 3.98. The lowest BCUT2D eigenvalue weighted by molar-refractivity contribution is -0.133. The molecule has 2 aliphatic carbocycles. The van der Waals surface area contributed by atoms with E-state index >= 15 is 0 Å². The molecule has 3 rings (SSSR count). The Morgan fingerprint density at radius 2 is 1.57 bits per heavy atom. The third kappa shape index (κ3) is 2.47. The number of hydrogen-bond donors (Lipinski definition) is 0. The average molecular weight is 292 g/mol. The molecular formula is C17H28N2O2. The van der Waals surface area contributed by atoms with Crippen LogP contribution in [0, 0.1) is 17.8 Å². The molecule has 0 radical (unpaired) electrons. The van der Waals surface area contributed by atoms with Crippen LogP contribution in [0.15, 0.2) is 0 Å². The van der Waals surface area contributed by atoms with Crippen molar-refractivity contribution in [2.45, 2.75) is 70.9 Å². The normalized spacial score (nSPS) is 27.8. The van der Waals surface area contributed by atoms with Crippen molar-refractivity contribution in [3.8, 4) is 0 Å². The molecule has 2 saturated carbocycles. The van der Waals surface area contributed by atoms with Crippen LogP contribution in [0.25, 0.3) is 0 Å². The van der Waals surface area contributed by atoms with Gasteiger partial charge in [-0.25, -0.2) is 4.79 Å². The maximum Gasteiger partial charge on any atom is 0.327 e. The van der Waals surface area contributed by atoms with Gasteiger partial charge in [0.25, 0.3) is 5.91 Å². The van der Waals surface area contributed by atoms with Crippen LogP contribution >= 0.6 is 0 Å². The summed E-state index contributed by atoms with van der Waals surface area (Å²) in [6.07, 6.45) is 8.06. The smallest absolute Gasteiger partial charge is 0.315 e. The van der Waals surface area contributed by atoms with E-state index in [-0.39, 0.29) is 24.0 Å². The summed E-state index contributed by atoms with van der Waals surface area (Å²) in [5.74, 6) is 1.63. The summed E-state index contributed by atoms with van der Waals surface area (Å²) in [5, 5.41) is 0. The maximum atomic E-state index is 12.9. The first-order chi connectivity index (χ1) is 10.0. The second-order valence-electron chi connectivity index (χ2n) is 7.62. The first-order valence-corrected chi connectivity index (χ1v) is 8.60. The fourth-order valence-corrected chi connectivity index (χ4v) is 4.07. The first kappa shape index (κ1) is 14.9. The van der Waals surface area contributed by atoms with Gasteiger partial charge in [0.1, 0.15) is 6.04 Å². The summed E-state index contributed by atoms with van der Waals surface area (Å²) < 4.78 is 0. The predicted octanol–water partition coefficient (Wildman–Crippen LogP) is 3.26. The molecule has 4 nitrogen and oxygen atoms in total. The van der Waals surface area contributed by atoms with Crippen LogP contribution in [0.5, 0.6) is 0 Å². The van der Waals surface area contributed by atoms with Gasteiger partial charge in [-0.15, -0.1) is 0 Å². The van der Waals surface area contributed by atoms with E-state index in [1.54, 1.807) is 16.8 Å². The molecule has 1 heterocycles. The zero-order chi connectivity index (χ0) is 15.1. The van der Waals surface area contributed by atoms with Gasteiger partial charge in [0.2, 0.25) is 0 Å². The van der Waals surface area contributed by atoms with Crippen molar-refractivity contribution in [2.75, 3.05) is 7.05 Å². The number of imide groups is 1. The first-order valence-electron chi connectivity index (χ1n) is 8.60. The minimum atomic E-state index is -0.236. The molecule has 1 unspecified atom stereocenters. The van der Waals surface area contributed by atoms with E-state index < -0.39 is 0 Å². The average Bonchev–Trinajstić information content (AvgIpc) is 2.48. The maximum absolute atomic E-state index is 12.9. The van der Waals surface area contributed by atoms with E-state index in [1.807, 2.05) is 0 Å². The van der Waals surface area contributed by atoms with Crippen molar-refractivity contribution in [1.82, 2.24) is 9.80 Å². The van der Waals surface area contributed by atoms with Crippen LogP contribution in [0.4, 0.5) is 4.79 Å². The number of urea groups is 1. The van der Waals surface area contributed by atoms with Gasteiger partial charge >= 0.3 is 6.03 Å². The number of carbonyl (C=O) groups excluding carboxylic acids is 2. The summed E-state index contributed by atoms with van der Waals surface area (Å²) in [4.78, 5) is 28.9. The lowest BCUT2D eigenvalue weighted by Gasteiger charge is -2.45. The van der Waals surface area contributed by atoms with Gasteiger partial charge in [-0.2, -0.15) is 0 Å². The van der Waals surface area contributed by atoms with E-state index in [0.717, 1.165) is 6.42 Å². The standard InChI is InChI=1S/C17H28N2O2/c1-11(2)10-14-16(20)19(17(21)18(14)3)15(12-6-4-7-12)13-8-5-9-13/h11-15H,4-10H2,1-3H3. The van der Waals surface area contributed by atoms with Crippen LogP contribution in [0.1, 0.15) is 58.8 Å². The molecule has 4 heteroatoms. The molecule has 118 valence electrons. The van der Waals surface area contributed by atoms with Gasteiger partial charge in [-0.1, -0.05) is 26.7 Å². The van der Waals surface area contributed by atoms with Crippen molar-refractivity contribution in [1.29, 1.82) is 0 Å². The second kappa shape index (κ2) is 5.62. The fourth-order valence-electron chi connectivity index (χ4n) is 4.07. The fraction of sp³-hybridized carbons (Fsp3) is 0.882. The van der Waals surface area contributed by atoms with Crippen molar-refractivity contribution < 1.29 is 9.59 Å². The molecule has 1 aliphatic heterocycles. The van der Waals surface area contributed by atoms with Crippen molar-refractivity contribution in [3.63, 3.8) is 0 Å². The summed E-state index contributed by atoms with van der Waals surface area (Å²) >= 11 is 0. The lowest BCUT2D eigenvalue weighted by Crippen LogP contribution is -2.52. The highest BCUT2D eigenvalue weighted by atomic mass is 16.2. The van der Waals surface area contributed by atoms with Gasteiger partial charge < -0.3 is 4.90 Å². The molecule has 3 amide bonds. The number of hydrogen-bond acceptors (Lipinski definition) is 2. The molecule has 0 spiro atoms. The van der Waals surface area contributed by atoms with E-state index in [1.165, 1.54) is 38.5 Å². The zero-order valence-electron chi connectivity index (χ0n) is 13.5. The van der Waals surface area contributed by atoms with Crippen LogP contribution in [0.3, 0.4) is 0 Å². The predicted molar refractivity (Wildman–Crippen MR) is 81.7 cm³/mol. The number of amides is 3. The third-order valence-electron chi connectivity index (χ3n) is 5.76. The van der Waals surface area contributed by atoms with Gasteiger partial charge in [-0.05, 0) is 49.9 Å². The molecule has 0 N–H and O–H groups in total. The minimum absolute atomic E-state index is 0.0468. The Morgan fingerprint density at radius 3 is 1.95 bits per heavy atom. The molecule has 0 bridgehead atoms. The van der Waals surface area contributed by atoms with E-state index in [9.17, 15) is 9.59 Å². The van der Waals surface area contributed by atoms with Gasteiger partial charge in [0.15, 0.2) is 0 Å². The molecule has 1 saturated heterocycles. The molecule has 0 aromatic carbocycles. The van der Waals surface area contributed by atoms with Crippen LogP contribution in [-0.4, -0.2) is 40.9 Å². The van der Waals surface area contributed by atoms with E-state index in [0.29, 0.717) is 17.8 Å². The molecular weight excluding hydrogens is 264 g/mol. The van der Waals surface area contributed by atoms with Crippen LogP contribution in [0.2, 0.25) is 0 Å². The molecule has 3 fully saturated rings. The summed E-state index contributed by atoms with van der Waals surface area (Å²) in [6.45, 7) is 4.23. The molecule has 0 aromatic heterocycles. The van der Waals surface area contributed by atoms with E-state index in [2.05, 4.69) is 13.8 Å². The van der Waals surface area contributed by atoms with Gasteiger partial charge in [0.05, 0.1) is 0 Å². The lowest BCUT2D eigenvalue weighted by atomic mass is 9.68. The van der Waals surface area contributed by atoms with E-state index in [4.69, 9.17) is 0 Å². The highest BCUT2D eigenvalue weighted by Crippen LogP contribution is 2.44. The Hall–Kier alpha value is -1.06.